The molecule has 1 aromatic heterocycles. The standard InChI is InChI=1S/C12H16N4O/c13-11(6-10-4-2-1-3-5-10)12(17)7-16-9-14-8-15-16/h1-5,8-9,11-12,17H,6-7,13H2. The SMILES string of the molecule is NC(Cc1ccccc1)C(O)Cn1cncn1. The summed E-state index contributed by atoms with van der Waals surface area (Å²) in [7, 11) is 0. The number of nitrogens with two attached hydrogens (primary N) is 1. The molecule has 2 aromatic rings. The first-order valence-corrected chi connectivity index (χ1v) is 5.55. The first-order valence-electron chi connectivity index (χ1n) is 5.55. The van der Waals surface area contributed by atoms with Gasteiger partial charge in [-0.2, -0.15) is 5.10 Å². The highest BCUT2D eigenvalue weighted by molar-refractivity contribution is 5.16. The Labute approximate surface area is 99.9 Å². The third-order valence-electron chi connectivity index (χ3n) is 2.65. The smallest absolute Gasteiger partial charge is 0.137 e. The maximum absolute atomic E-state index is 9.94. The van der Waals surface area contributed by atoms with Gasteiger partial charge in [-0.25, -0.2) is 4.98 Å². The Morgan fingerprint density at radius 1 is 1.29 bits per heavy atom. The quantitative estimate of drug-likeness (QED) is 0.772. The summed E-state index contributed by atoms with van der Waals surface area (Å²) in [6, 6.07) is 9.59. The van der Waals surface area contributed by atoms with Crippen molar-refractivity contribution in [1.82, 2.24) is 14.8 Å². The van der Waals surface area contributed by atoms with Gasteiger partial charge in [-0.1, -0.05) is 30.3 Å². The zero-order valence-corrected chi connectivity index (χ0v) is 9.48. The van der Waals surface area contributed by atoms with Crippen LogP contribution in [0.3, 0.4) is 0 Å². The van der Waals surface area contributed by atoms with Crippen molar-refractivity contribution in [2.24, 2.45) is 5.73 Å². The van der Waals surface area contributed by atoms with E-state index in [-0.39, 0.29) is 6.04 Å². The molecule has 2 atom stereocenters. The fourth-order valence-corrected chi connectivity index (χ4v) is 1.68. The highest BCUT2D eigenvalue weighted by Gasteiger charge is 2.15. The minimum Gasteiger partial charge on any atom is -0.390 e. The van der Waals surface area contributed by atoms with E-state index in [0.717, 1.165) is 5.56 Å². The molecule has 17 heavy (non-hydrogen) atoms. The molecule has 0 amide bonds. The maximum Gasteiger partial charge on any atom is 0.137 e. The summed E-state index contributed by atoms with van der Waals surface area (Å²) < 4.78 is 1.58. The van der Waals surface area contributed by atoms with Crippen molar-refractivity contribution < 1.29 is 5.11 Å². The monoisotopic (exact) mass is 232 g/mol. The van der Waals surface area contributed by atoms with Crippen molar-refractivity contribution in [3.8, 4) is 0 Å². The maximum atomic E-state index is 9.94. The van der Waals surface area contributed by atoms with Gasteiger partial charge < -0.3 is 10.8 Å². The van der Waals surface area contributed by atoms with Gasteiger partial charge in [-0.3, -0.25) is 4.68 Å². The largest absolute Gasteiger partial charge is 0.390 e. The molecular formula is C12H16N4O. The minimum absolute atomic E-state index is 0.304. The number of aliphatic hydroxyl groups is 1. The van der Waals surface area contributed by atoms with Crippen molar-refractivity contribution in [2.75, 3.05) is 0 Å². The molecule has 90 valence electrons. The molecule has 0 saturated carbocycles. The van der Waals surface area contributed by atoms with Gasteiger partial charge >= 0.3 is 0 Å². The summed E-state index contributed by atoms with van der Waals surface area (Å²) >= 11 is 0. The summed E-state index contributed by atoms with van der Waals surface area (Å²) in [4.78, 5) is 3.82. The van der Waals surface area contributed by atoms with Gasteiger partial charge in [0.05, 0.1) is 12.6 Å². The Morgan fingerprint density at radius 3 is 2.71 bits per heavy atom. The Kier molecular flexibility index (Phi) is 3.85. The Balaban J connectivity index is 1.89. The number of benzene rings is 1. The number of aromatic nitrogens is 3. The lowest BCUT2D eigenvalue weighted by molar-refractivity contribution is 0.120. The summed E-state index contributed by atoms with van der Waals surface area (Å²) in [5.74, 6) is 0. The number of hydrogen-bond donors (Lipinski definition) is 2. The Bertz CT molecular complexity index is 429. The van der Waals surface area contributed by atoms with Crippen LogP contribution in [0.1, 0.15) is 5.56 Å². The van der Waals surface area contributed by atoms with Crippen molar-refractivity contribution >= 4 is 0 Å². The Hall–Kier alpha value is -1.72. The number of nitrogens with zero attached hydrogens (tertiary/aromatic N) is 3. The highest BCUT2D eigenvalue weighted by atomic mass is 16.3. The predicted octanol–water partition coefficient (Wildman–Crippen LogP) is 0.209. The second-order valence-corrected chi connectivity index (χ2v) is 4.04. The van der Waals surface area contributed by atoms with Crippen molar-refractivity contribution in [2.45, 2.75) is 25.1 Å². The van der Waals surface area contributed by atoms with Gasteiger partial charge in [0.2, 0.25) is 0 Å². The van der Waals surface area contributed by atoms with Gasteiger partial charge in [-0.05, 0) is 12.0 Å². The van der Waals surface area contributed by atoms with Crippen LogP contribution < -0.4 is 5.73 Å². The molecule has 0 aliphatic heterocycles. The fraction of sp³-hybridized carbons (Fsp3) is 0.333. The van der Waals surface area contributed by atoms with Crippen LogP contribution in [0.15, 0.2) is 43.0 Å². The van der Waals surface area contributed by atoms with E-state index >= 15 is 0 Å². The van der Waals surface area contributed by atoms with Crippen molar-refractivity contribution in [3.05, 3.63) is 48.5 Å². The lowest BCUT2D eigenvalue weighted by Gasteiger charge is -2.18. The van der Waals surface area contributed by atoms with Gasteiger partial charge in [0.15, 0.2) is 0 Å². The van der Waals surface area contributed by atoms with Crippen LogP contribution in [0.2, 0.25) is 0 Å². The molecule has 1 aromatic carbocycles. The lowest BCUT2D eigenvalue weighted by Crippen LogP contribution is -2.39. The molecule has 0 spiro atoms. The van der Waals surface area contributed by atoms with E-state index in [2.05, 4.69) is 10.1 Å². The van der Waals surface area contributed by atoms with Crippen LogP contribution in [-0.2, 0) is 13.0 Å². The second kappa shape index (κ2) is 5.56. The molecule has 2 rings (SSSR count). The van der Waals surface area contributed by atoms with E-state index in [1.807, 2.05) is 30.3 Å². The molecule has 0 aliphatic carbocycles. The molecule has 0 fully saturated rings. The normalized spacial score (nSPS) is 14.5. The van der Waals surface area contributed by atoms with Crippen LogP contribution >= 0.6 is 0 Å². The lowest BCUT2D eigenvalue weighted by atomic mass is 10.0. The molecular weight excluding hydrogens is 216 g/mol. The van der Waals surface area contributed by atoms with Crippen LogP contribution in [-0.4, -0.2) is 32.0 Å². The average Bonchev–Trinajstić information content (AvgIpc) is 2.83. The molecule has 1 heterocycles. The average molecular weight is 232 g/mol. The second-order valence-electron chi connectivity index (χ2n) is 4.04. The minimum atomic E-state index is -0.628. The third-order valence-corrected chi connectivity index (χ3v) is 2.65. The zero-order valence-electron chi connectivity index (χ0n) is 9.48. The number of hydrogen-bond acceptors (Lipinski definition) is 4. The van der Waals surface area contributed by atoms with E-state index in [4.69, 9.17) is 5.73 Å². The van der Waals surface area contributed by atoms with E-state index in [1.54, 1.807) is 11.0 Å². The summed E-state index contributed by atoms with van der Waals surface area (Å²) in [6.45, 7) is 0.369. The number of rotatable bonds is 5. The fourth-order valence-electron chi connectivity index (χ4n) is 1.68. The Morgan fingerprint density at radius 2 is 2.06 bits per heavy atom. The molecule has 5 heteroatoms. The van der Waals surface area contributed by atoms with Crippen LogP contribution in [0.25, 0.3) is 0 Å². The van der Waals surface area contributed by atoms with Gasteiger partial charge in [-0.15, -0.1) is 0 Å². The van der Waals surface area contributed by atoms with Crippen molar-refractivity contribution in [3.63, 3.8) is 0 Å². The van der Waals surface area contributed by atoms with Crippen LogP contribution in [0.4, 0.5) is 0 Å². The summed E-state index contributed by atoms with van der Waals surface area (Å²) in [6.07, 6.45) is 3.03. The number of aliphatic hydroxyl groups excluding tert-OH is 1. The molecule has 5 nitrogen and oxygen atoms in total. The van der Waals surface area contributed by atoms with Crippen molar-refractivity contribution in [1.29, 1.82) is 0 Å². The predicted molar refractivity (Wildman–Crippen MR) is 64.2 cm³/mol. The van der Waals surface area contributed by atoms with Gasteiger partial charge in [0, 0.05) is 6.04 Å². The zero-order chi connectivity index (χ0) is 12.1. The van der Waals surface area contributed by atoms with E-state index in [9.17, 15) is 5.11 Å². The molecule has 0 aliphatic rings. The summed E-state index contributed by atoms with van der Waals surface area (Å²) in [5, 5.41) is 13.9. The topological polar surface area (TPSA) is 77.0 Å². The van der Waals surface area contributed by atoms with E-state index < -0.39 is 6.10 Å². The van der Waals surface area contributed by atoms with E-state index in [1.165, 1.54) is 6.33 Å². The van der Waals surface area contributed by atoms with E-state index in [0.29, 0.717) is 13.0 Å². The first kappa shape index (κ1) is 11.8. The molecule has 0 saturated heterocycles. The molecule has 0 radical (unpaired) electrons. The van der Waals surface area contributed by atoms with Gasteiger partial charge in [0.1, 0.15) is 12.7 Å². The third kappa shape index (κ3) is 3.37. The highest BCUT2D eigenvalue weighted by Crippen LogP contribution is 2.05. The molecule has 0 bridgehead atoms. The molecule has 2 unspecified atom stereocenters. The van der Waals surface area contributed by atoms with Crippen LogP contribution in [0.5, 0.6) is 0 Å². The van der Waals surface area contributed by atoms with Gasteiger partial charge in [0.25, 0.3) is 0 Å². The first-order chi connectivity index (χ1) is 8.25. The summed E-state index contributed by atoms with van der Waals surface area (Å²) in [5.41, 5.74) is 7.08. The van der Waals surface area contributed by atoms with Crippen LogP contribution in [0, 0.1) is 0 Å². The molecule has 3 N–H and O–H groups in total.